The van der Waals surface area contributed by atoms with Gasteiger partial charge in [0, 0.05) is 18.5 Å². The number of likely N-dealkylation sites (N-methyl/N-ethyl adjacent to an activating group) is 1. The van der Waals surface area contributed by atoms with Crippen LogP contribution in [-0.4, -0.2) is 50.8 Å². The van der Waals surface area contributed by atoms with Crippen LogP contribution in [-0.2, 0) is 4.74 Å². The number of ether oxygens (including phenoxy) is 1. The van der Waals surface area contributed by atoms with Crippen molar-refractivity contribution in [2.75, 3.05) is 34.3 Å². The maximum atomic E-state index is 5.77. The van der Waals surface area contributed by atoms with E-state index in [2.05, 4.69) is 38.2 Å². The summed E-state index contributed by atoms with van der Waals surface area (Å²) in [7, 11) is 6.24. The Labute approximate surface area is 81.4 Å². The van der Waals surface area contributed by atoms with Crippen molar-refractivity contribution in [2.45, 2.75) is 25.5 Å². The van der Waals surface area contributed by atoms with Crippen molar-refractivity contribution in [3.8, 4) is 0 Å². The van der Waals surface area contributed by atoms with E-state index in [0.717, 1.165) is 13.2 Å². The molecule has 0 aromatic heterocycles. The highest BCUT2D eigenvalue weighted by atomic mass is 16.5. The number of rotatable bonds is 3. The molecule has 1 aliphatic heterocycles. The number of hydrogen-bond acceptors (Lipinski definition) is 3. The van der Waals surface area contributed by atoms with Crippen LogP contribution in [0.5, 0.6) is 0 Å². The molecule has 1 saturated heterocycles. The van der Waals surface area contributed by atoms with Crippen molar-refractivity contribution in [2.24, 2.45) is 5.92 Å². The summed E-state index contributed by atoms with van der Waals surface area (Å²) in [5.74, 6) is 0.606. The van der Waals surface area contributed by atoms with Crippen LogP contribution in [0.2, 0.25) is 0 Å². The van der Waals surface area contributed by atoms with E-state index in [0.29, 0.717) is 12.0 Å². The van der Waals surface area contributed by atoms with E-state index in [1.807, 2.05) is 7.05 Å². The van der Waals surface area contributed by atoms with Gasteiger partial charge in [-0.2, -0.15) is 0 Å². The summed E-state index contributed by atoms with van der Waals surface area (Å²) in [6.07, 6.45) is 0. The lowest BCUT2D eigenvalue weighted by Gasteiger charge is -2.29. The maximum absolute atomic E-state index is 5.77. The van der Waals surface area contributed by atoms with E-state index < -0.39 is 0 Å². The van der Waals surface area contributed by atoms with Crippen molar-refractivity contribution >= 4 is 0 Å². The molecule has 3 nitrogen and oxygen atoms in total. The van der Waals surface area contributed by atoms with Crippen LogP contribution < -0.4 is 5.32 Å². The largest absolute Gasteiger partial charge is 0.374 e. The lowest BCUT2D eigenvalue weighted by atomic mass is 9.90. The molecule has 1 rings (SSSR count). The summed E-state index contributed by atoms with van der Waals surface area (Å²) in [5.41, 5.74) is -0.0184. The topological polar surface area (TPSA) is 24.5 Å². The Bertz CT molecular complexity index is 168. The van der Waals surface area contributed by atoms with E-state index >= 15 is 0 Å². The summed E-state index contributed by atoms with van der Waals surface area (Å²) >= 11 is 0. The Kier molecular flexibility index (Phi) is 3.33. The van der Waals surface area contributed by atoms with Crippen LogP contribution in [0.3, 0.4) is 0 Å². The standard InChI is InChI=1S/C10H22N2O/c1-10(2)9(11-3)8(7-13-10)6-12(4)5/h8-9,11H,6-7H2,1-5H3. The average molecular weight is 186 g/mol. The first-order valence-electron chi connectivity index (χ1n) is 4.93. The monoisotopic (exact) mass is 186 g/mol. The van der Waals surface area contributed by atoms with E-state index in [4.69, 9.17) is 4.74 Å². The van der Waals surface area contributed by atoms with Gasteiger partial charge in [0.25, 0.3) is 0 Å². The molecule has 0 radical (unpaired) electrons. The maximum Gasteiger partial charge on any atom is 0.0782 e. The zero-order chi connectivity index (χ0) is 10.1. The highest BCUT2D eigenvalue weighted by Gasteiger charge is 2.42. The molecule has 0 aliphatic carbocycles. The van der Waals surface area contributed by atoms with Crippen molar-refractivity contribution in [1.29, 1.82) is 0 Å². The van der Waals surface area contributed by atoms with Gasteiger partial charge in [0.1, 0.15) is 0 Å². The molecule has 1 heterocycles. The quantitative estimate of drug-likeness (QED) is 0.697. The summed E-state index contributed by atoms with van der Waals surface area (Å²) < 4.78 is 5.77. The lowest BCUT2D eigenvalue weighted by Crippen LogP contribution is -2.47. The van der Waals surface area contributed by atoms with Crippen LogP contribution in [0.15, 0.2) is 0 Å². The van der Waals surface area contributed by atoms with Gasteiger partial charge in [0.15, 0.2) is 0 Å². The van der Waals surface area contributed by atoms with Gasteiger partial charge in [-0.05, 0) is 35.0 Å². The Morgan fingerprint density at radius 3 is 2.54 bits per heavy atom. The second-order valence-electron chi connectivity index (χ2n) is 4.70. The molecular formula is C10H22N2O. The lowest BCUT2D eigenvalue weighted by molar-refractivity contribution is 0.0226. The van der Waals surface area contributed by atoms with Crippen LogP contribution in [0, 0.1) is 5.92 Å². The van der Waals surface area contributed by atoms with E-state index in [9.17, 15) is 0 Å². The summed E-state index contributed by atoms with van der Waals surface area (Å²) in [4.78, 5) is 2.22. The predicted molar refractivity (Wildman–Crippen MR) is 54.9 cm³/mol. The molecule has 0 spiro atoms. The minimum Gasteiger partial charge on any atom is -0.374 e. The van der Waals surface area contributed by atoms with Crippen LogP contribution >= 0.6 is 0 Å². The minimum absolute atomic E-state index is 0.0184. The average Bonchev–Trinajstić information content (AvgIpc) is 2.25. The molecule has 0 saturated carbocycles. The molecule has 0 aromatic rings. The Hall–Kier alpha value is -0.120. The smallest absolute Gasteiger partial charge is 0.0782 e. The van der Waals surface area contributed by atoms with E-state index in [1.165, 1.54) is 0 Å². The van der Waals surface area contributed by atoms with Gasteiger partial charge in [0.2, 0.25) is 0 Å². The predicted octanol–water partition coefficient (Wildman–Crippen LogP) is 0.561. The van der Waals surface area contributed by atoms with Gasteiger partial charge in [-0.15, -0.1) is 0 Å². The number of nitrogens with zero attached hydrogens (tertiary/aromatic N) is 1. The van der Waals surface area contributed by atoms with Gasteiger partial charge < -0.3 is 15.0 Å². The molecular weight excluding hydrogens is 164 g/mol. The van der Waals surface area contributed by atoms with Crippen LogP contribution in [0.4, 0.5) is 0 Å². The molecule has 1 fully saturated rings. The summed E-state index contributed by atoms with van der Waals surface area (Å²) in [5, 5.41) is 3.36. The third kappa shape index (κ3) is 2.42. The van der Waals surface area contributed by atoms with E-state index in [1.54, 1.807) is 0 Å². The van der Waals surface area contributed by atoms with Gasteiger partial charge >= 0.3 is 0 Å². The zero-order valence-electron chi connectivity index (χ0n) is 9.42. The van der Waals surface area contributed by atoms with Gasteiger partial charge in [-0.1, -0.05) is 0 Å². The number of hydrogen-bond donors (Lipinski definition) is 1. The van der Waals surface area contributed by atoms with Gasteiger partial charge in [-0.25, -0.2) is 0 Å². The Morgan fingerprint density at radius 2 is 2.08 bits per heavy atom. The molecule has 78 valence electrons. The van der Waals surface area contributed by atoms with E-state index in [-0.39, 0.29) is 5.60 Å². The SMILES string of the molecule is CNC1C(CN(C)C)COC1(C)C. The van der Waals surface area contributed by atoms with Crippen LogP contribution in [0.25, 0.3) is 0 Å². The van der Waals surface area contributed by atoms with Gasteiger partial charge in [0.05, 0.1) is 12.2 Å². The normalized spacial score (nSPS) is 32.8. The molecule has 0 aromatic carbocycles. The highest BCUT2D eigenvalue weighted by Crippen LogP contribution is 2.29. The third-order valence-electron chi connectivity index (χ3n) is 2.80. The van der Waals surface area contributed by atoms with Gasteiger partial charge in [-0.3, -0.25) is 0 Å². The number of nitrogens with one attached hydrogen (secondary N) is 1. The first-order valence-corrected chi connectivity index (χ1v) is 4.93. The fraction of sp³-hybridized carbons (Fsp3) is 1.00. The Morgan fingerprint density at radius 1 is 1.46 bits per heavy atom. The minimum atomic E-state index is -0.0184. The zero-order valence-corrected chi connectivity index (χ0v) is 9.42. The summed E-state index contributed by atoms with van der Waals surface area (Å²) in [6.45, 7) is 6.28. The molecule has 0 amide bonds. The fourth-order valence-corrected chi connectivity index (χ4v) is 2.29. The van der Waals surface area contributed by atoms with Crippen molar-refractivity contribution in [3.05, 3.63) is 0 Å². The van der Waals surface area contributed by atoms with Crippen LogP contribution in [0.1, 0.15) is 13.8 Å². The second kappa shape index (κ2) is 3.95. The third-order valence-corrected chi connectivity index (χ3v) is 2.80. The Balaban J connectivity index is 2.58. The van der Waals surface area contributed by atoms with Crippen molar-refractivity contribution < 1.29 is 4.74 Å². The molecule has 1 N–H and O–H groups in total. The molecule has 0 bridgehead atoms. The molecule has 13 heavy (non-hydrogen) atoms. The van der Waals surface area contributed by atoms with Crippen molar-refractivity contribution in [1.82, 2.24) is 10.2 Å². The molecule has 3 heteroatoms. The molecule has 2 atom stereocenters. The second-order valence-corrected chi connectivity index (χ2v) is 4.70. The van der Waals surface area contributed by atoms with Crippen molar-refractivity contribution in [3.63, 3.8) is 0 Å². The summed E-state index contributed by atoms with van der Waals surface area (Å²) in [6, 6.07) is 0.467. The highest BCUT2D eigenvalue weighted by molar-refractivity contribution is 4.96. The molecule has 1 aliphatic rings. The first kappa shape index (κ1) is 11.0. The fourth-order valence-electron chi connectivity index (χ4n) is 2.29. The first-order chi connectivity index (χ1) is 5.97. The molecule has 2 unspecified atom stereocenters.